The lowest BCUT2D eigenvalue weighted by molar-refractivity contribution is 0.0265. The molecule has 2 heteroatoms. The van der Waals surface area contributed by atoms with Gasteiger partial charge in [0.1, 0.15) is 0 Å². The Morgan fingerprint density at radius 2 is 1.82 bits per heavy atom. The first-order chi connectivity index (χ1) is 5.13. The molecule has 0 aliphatic carbocycles. The van der Waals surface area contributed by atoms with Crippen molar-refractivity contribution in [1.29, 1.82) is 0 Å². The first-order valence-electron chi connectivity index (χ1n) is 4.51. The molecule has 0 aromatic rings. The molecule has 0 aromatic heterocycles. The number of hydrogen-bond acceptors (Lipinski definition) is 2. The van der Waals surface area contributed by atoms with E-state index in [1.165, 1.54) is 0 Å². The van der Waals surface area contributed by atoms with Crippen LogP contribution in [-0.4, -0.2) is 17.8 Å². The Kier molecular flexibility index (Phi) is 4.69. The molecule has 0 radical (unpaired) electrons. The number of aliphatic hydroxyl groups is 1. The van der Waals surface area contributed by atoms with Gasteiger partial charge in [-0.3, -0.25) is 0 Å². The lowest BCUT2D eigenvalue weighted by Gasteiger charge is -2.34. The lowest BCUT2D eigenvalue weighted by atomic mass is 9.75. The van der Waals surface area contributed by atoms with E-state index in [-0.39, 0.29) is 11.5 Å². The second-order valence-electron chi connectivity index (χ2n) is 3.28. The van der Waals surface area contributed by atoms with Crippen molar-refractivity contribution in [3.8, 4) is 0 Å². The van der Waals surface area contributed by atoms with Crippen molar-refractivity contribution in [3.05, 3.63) is 0 Å². The van der Waals surface area contributed by atoms with Gasteiger partial charge in [0, 0.05) is 0 Å². The second-order valence-corrected chi connectivity index (χ2v) is 3.28. The Hall–Kier alpha value is -0.0800. The van der Waals surface area contributed by atoms with E-state index in [0.29, 0.717) is 6.54 Å². The van der Waals surface area contributed by atoms with Crippen LogP contribution in [0, 0.1) is 5.41 Å². The summed E-state index contributed by atoms with van der Waals surface area (Å²) in [7, 11) is 0. The Morgan fingerprint density at radius 3 is 1.91 bits per heavy atom. The average molecular weight is 159 g/mol. The normalized spacial score (nSPS) is 15.0. The molecule has 0 bridgehead atoms. The first kappa shape index (κ1) is 10.9. The number of rotatable bonds is 5. The van der Waals surface area contributed by atoms with Crippen molar-refractivity contribution in [3.63, 3.8) is 0 Å². The second kappa shape index (κ2) is 4.73. The van der Waals surface area contributed by atoms with Crippen LogP contribution in [-0.2, 0) is 0 Å². The van der Waals surface area contributed by atoms with Crippen molar-refractivity contribution >= 4 is 0 Å². The standard InChI is InChI=1S/C9H21NO/c1-4-9(5-2,6-7-10)8(3)11/h8,11H,4-7,10H2,1-3H3. The molecule has 0 rings (SSSR count). The smallest absolute Gasteiger partial charge is 0.0568 e. The molecule has 0 aliphatic rings. The molecule has 68 valence electrons. The van der Waals surface area contributed by atoms with E-state index in [2.05, 4.69) is 13.8 Å². The largest absolute Gasteiger partial charge is 0.393 e. The molecular formula is C9H21NO. The van der Waals surface area contributed by atoms with Crippen LogP contribution in [0.4, 0.5) is 0 Å². The van der Waals surface area contributed by atoms with Crippen LogP contribution in [0.2, 0.25) is 0 Å². The predicted molar refractivity (Wildman–Crippen MR) is 48.4 cm³/mol. The zero-order valence-corrected chi connectivity index (χ0v) is 7.93. The van der Waals surface area contributed by atoms with E-state index < -0.39 is 0 Å². The zero-order valence-electron chi connectivity index (χ0n) is 7.93. The highest BCUT2D eigenvalue weighted by molar-refractivity contribution is 4.81. The van der Waals surface area contributed by atoms with Crippen molar-refractivity contribution in [1.82, 2.24) is 0 Å². The van der Waals surface area contributed by atoms with Crippen molar-refractivity contribution in [2.24, 2.45) is 11.1 Å². The van der Waals surface area contributed by atoms with E-state index in [1.54, 1.807) is 0 Å². The molecule has 1 atom stereocenters. The summed E-state index contributed by atoms with van der Waals surface area (Å²) in [5.74, 6) is 0. The number of aliphatic hydroxyl groups excluding tert-OH is 1. The highest BCUT2D eigenvalue weighted by Crippen LogP contribution is 2.33. The molecule has 0 saturated heterocycles. The van der Waals surface area contributed by atoms with Gasteiger partial charge in [-0.25, -0.2) is 0 Å². The molecule has 0 spiro atoms. The average Bonchev–Trinajstić information content (AvgIpc) is 2.00. The summed E-state index contributed by atoms with van der Waals surface area (Å²) in [5, 5.41) is 9.54. The third-order valence-electron chi connectivity index (χ3n) is 2.94. The van der Waals surface area contributed by atoms with Gasteiger partial charge in [-0.15, -0.1) is 0 Å². The SMILES string of the molecule is CCC(CC)(CCN)C(C)O. The van der Waals surface area contributed by atoms with Crippen LogP contribution >= 0.6 is 0 Å². The van der Waals surface area contributed by atoms with Gasteiger partial charge < -0.3 is 10.8 Å². The highest BCUT2D eigenvalue weighted by atomic mass is 16.3. The summed E-state index contributed by atoms with van der Waals surface area (Å²) in [5.41, 5.74) is 5.56. The Morgan fingerprint density at radius 1 is 1.36 bits per heavy atom. The van der Waals surface area contributed by atoms with Crippen molar-refractivity contribution < 1.29 is 5.11 Å². The quantitative estimate of drug-likeness (QED) is 0.639. The Balaban J connectivity index is 4.20. The molecule has 0 amide bonds. The van der Waals surface area contributed by atoms with Crippen LogP contribution < -0.4 is 5.73 Å². The van der Waals surface area contributed by atoms with E-state index in [1.807, 2.05) is 6.92 Å². The van der Waals surface area contributed by atoms with Gasteiger partial charge in [-0.1, -0.05) is 13.8 Å². The van der Waals surface area contributed by atoms with Gasteiger partial charge in [-0.2, -0.15) is 0 Å². The van der Waals surface area contributed by atoms with Crippen molar-refractivity contribution in [2.45, 2.75) is 46.1 Å². The van der Waals surface area contributed by atoms with Gasteiger partial charge in [0.2, 0.25) is 0 Å². The van der Waals surface area contributed by atoms with Crippen molar-refractivity contribution in [2.75, 3.05) is 6.54 Å². The van der Waals surface area contributed by atoms with Gasteiger partial charge in [0.15, 0.2) is 0 Å². The summed E-state index contributed by atoms with van der Waals surface area (Å²) in [4.78, 5) is 0. The molecule has 0 aliphatic heterocycles. The van der Waals surface area contributed by atoms with Crippen LogP contribution in [0.5, 0.6) is 0 Å². The fraction of sp³-hybridized carbons (Fsp3) is 1.00. The molecule has 11 heavy (non-hydrogen) atoms. The Labute approximate surface area is 69.8 Å². The third-order valence-corrected chi connectivity index (χ3v) is 2.94. The molecule has 0 heterocycles. The molecular weight excluding hydrogens is 138 g/mol. The molecule has 0 aromatic carbocycles. The van der Waals surface area contributed by atoms with Gasteiger partial charge in [0.05, 0.1) is 6.10 Å². The highest BCUT2D eigenvalue weighted by Gasteiger charge is 2.30. The fourth-order valence-corrected chi connectivity index (χ4v) is 1.69. The number of nitrogens with two attached hydrogens (primary N) is 1. The minimum atomic E-state index is -0.235. The van der Waals surface area contributed by atoms with E-state index >= 15 is 0 Å². The topological polar surface area (TPSA) is 46.2 Å². The summed E-state index contributed by atoms with van der Waals surface area (Å²) in [6.07, 6.45) is 2.72. The maximum Gasteiger partial charge on any atom is 0.0568 e. The summed E-state index contributed by atoms with van der Waals surface area (Å²) >= 11 is 0. The van der Waals surface area contributed by atoms with Gasteiger partial charge >= 0.3 is 0 Å². The first-order valence-corrected chi connectivity index (χ1v) is 4.51. The third kappa shape index (κ3) is 2.46. The minimum Gasteiger partial charge on any atom is -0.393 e. The van der Waals surface area contributed by atoms with Crippen LogP contribution in [0.25, 0.3) is 0 Å². The predicted octanol–water partition coefficient (Wildman–Crippen LogP) is 1.52. The molecule has 1 unspecified atom stereocenters. The van der Waals surface area contributed by atoms with Crippen LogP contribution in [0.15, 0.2) is 0 Å². The maximum absolute atomic E-state index is 9.54. The zero-order chi connectivity index (χ0) is 8.91. The molecule has 3 N–H and O–H groups in total. The van der Waals surface area contributed by atoms with Crippen LogP contribution in [0.3, 0.4) is 0 Å². The van der Waals surface area contributed by atoms with E-state index in [0.717, 1.165) is 19.3 Å². The molecule has 0 fully saturated rings. The lowest BCUT2D eigenvalue weighted by Crippen LogP contribution is -2.34. The van der Waals surface area contributed by atoms with Gasteiger partial charge in [-0.05, 0) is 38.1 Å². The monoisotopic (exact) mass is 159 g/mol. The summed E-state index contributed by atoms with van der Waals surface area (Å²) in [6, 6.07) is 0. The fourth-order valence-electron chi connectivity index (χ4n) is 1.69. The van der Waals surface area contributed by atoms with Gasteiger partial charge in [0.25, 0.3) is 0 Å². The number of hydrogen-bond donors (Lipinski definition) is 2. The molecule has 0 saturated carbocycles. The summed E-state index contributed by atoms with van der Waals surface area (Å²) in [6.45, 7) is 6.77. The Bertz CT molecular complexity index is 97.7. The maximum atomic E-state index is 9.54. The summed E-state index contributed by atoms with van der Waals surface area (Å²) < 4.78 is 0. The van der Waals surface area contributed by atoms with E-state index in [9.17, 15) is 5.11 Å². The minimum absolute atomic E-state index is 0.0642. The van der Waals surface area contributed by atoms with E-state index in [4.69, 9.17) is 5.73 Å². The molecule has 2 nitrogen and oxygen atoms in total. The van der Waals surface area contributed by atoms with Crippen LogP contribution in [0.1, 0.15) is 40.0 Å².